The topological polar surface area (TPSA) is 109 Å². The Hall–Kier alpha value is -3.31. The van der Waals surface area contributed by atoms with Crippen LogP contribution in [0.3, 0.4) is 0 Å². The van der Waals surface area contributed by atoms with Gasteiger partial charge in [0.05, 0.1) is 17.1 Å². The van der Waals surface area contributed by atoms with Crippen LogP contribution in [0.1, 0.15) is 47.2 Å². The van der Waals surface area contributed by atoms with E-state index in [0.717, 1.165) is 25.7 Å². The Labute approximate surface area is 194 Å². The molecule has 1 amide bonds. The van der Waals surface area contributed by atoms with E-state index in [0.29, 0.717) is 27.1 Å². The largest absolute Gasteiger partial charge is 0.493 e. The number of benzene rings is 2. The van der Waals surface area contributed by atoms with Gasteiger partial charge in [-0.3, -0.25) is 4.79 Å². The molecule has 8 heteroatoms. The maximum atomic E-state index is 12.5. The number of carboxylic acid groups (broad SMARTS) is 1. The molecule has 0 saturated heterocycles. The van der Waals surface area contributed by atoms with Gasteiger partial charge in [0.2, 0.25) is 0 Å². The van der Waals surface area contributed by atoms with Gasteiger partial charge in [-0.25, -0.2) is 4.79 Å². The Morgan fingerprint density at radius 3 is 2.69 bits per heavy atom. The van der Waals surface area contributed by atoms with Gasteiger partial charge in [0.25, 0.3) is 5.91 Å². The lowest BCUT2D eigenvalue weighted by atomic mass is 10.1. The number of aromatic carboxylic acids is 1. The first-order valence-corrected chi connectivity index (χ1v) is 11.0. The summed E-state index contributed by atoms with van der Waals surface area (Å²) in [5, 5.41) is 21.5. The Bertz CT molecular complexity index is 1080. The Morgan fingerprint density at radius 1 is 1.28 bits per heavy atom. The van der Waals surface area contributed by atoms with Gasteiger partial charge < -0.3 is 19.9 Å². The van der Waals surface area contributed by atoms with Crippen LogP contribution in [0.15, 0.2) is 46.4 Å². The molecular weight excluding hydrogens is 476 g/mol. The maximum absolute atomic E-state index is 12.5. The van der Waals surface area contributed by atoms with Crippen LogP contribution in [-0.2, 0) is 11.4 Å². The lowest BCUT2D eigenvalue weighted by Crippen LogP contribution is -2.33. The molecule has 0 radical (unpaired) electrons. The van der Waals surface area contributed by atoms with Crippen molar-refractivity contribution in [1.29, 1.82) is 5.26 Å². The second-order valence-electron chi connectivity index (χ2n) is 7.45. The minimum Gasteiger partial charge on any atom is -0.493 e. The van der Waals surface area contributed by atoms with Crippen molar-refractivity contribution in [3.8, 4) is 17.6 Å². The molecule has 166 valence electrons. The SMILES string of the molecule is COc1cc(/C=C(/C#N)C(=O)NC2CCCC2)cc(Br)c1OCc1cccc(C(=O)O)c1. The third-order valence-electron chi connectivity index (χ3n) is 5.18. The van der Waals surface area contributed by atoms with Crippen LogP contribution in [0.25, 0.3) is 6.08 Å². The average molecular weight is 499 g/mol. The first-order chi connectivity index (χ1) is 15.4. The molecule has 3 rings (SSSR count). The summed E-state index contributed by atoms with van der Waals surface area (Å²) in [5.41, 5.74) is 1.49. The second-order valence-corrected chi connectivity index (χ2v) is 8.31. The molecule has 1 aliphatic carbocycles. The summed E-state index contributed by atoms with van der Waals surface area (Å²) in [6.45, 7) is 0.137. The van der Waals surface area contributed by atoms with Crippen molar-refractivity contribution >= 4 is 33.9 Å². The number of nitrogens with one attached hydrogen (secondary N) is 1. The number of carboxylic acids is 1. The molecule has 0 heterocycles. The van der Waals surface area contributed by atoms with Crippen LogP contribution in [0.4, 0.5) is 0 Å². The predicted molar refractivity (Wildman–Crippen MR) is 122 cm³/mol. The molecule has 1 fully saturated rings. The van der Waals surface area contributed by atoms with E-state index in [9.17, 15) is 14.9 Å². The molecule has 0 aromatic heterocycles. The highest BCUT2D eigenvalue weighted by Gasteiger charge is 2.20. The number of carbonyl (C=O) groups is 2. The number of amides is 1. The van der Waals surface area contributed by atoms with Crippen molar-refractivity contribution in [2.24, 2.45) is 0 Å². The third kappa shape index (κ3) is 5.89. The van der Waals surface area contributed by atoms with E-state index in [1.165, 1.54) is 19.3 Å². The van der Waals surface area contributed by atoms with Gasteiger partial charge in [0, 0.05) is 6.04 Å². The van der Waals surface area contributed by atoms with Crippen LogP contribution in [0.2, 0.25) is 0 Å². The maximum Gasteiger partial charge on any atom is 0.335 e. The number of halogens is 1. The fourth-order valence-corrected chi connectivity index (χ4v) is 4.14. The number of methoxy groups -OCH3 is 1. The highest BCUT2D eigenvalue weighted by molar-refractivity contribution is 9.10. The monoisotopic (exact) mass is 498 g/mol. The van der Waals surface area contributed by atoms with E-state index in [-0.39, 0.29) is 29.7 Å². The zero-order valence-corrected chi connectivity index (χ0v) is 19.1. The van der Waals surface area contributed by atoms with Crippen LogP contribution in [0.5, 0.6) is 11.5 Å². The molecule has 0 bridgehead atoms. The first kappa shape index (κ1) is 23.4. The van der Waals surface area contributed by atoms with E-state index >= 15 is 0 Å². The molecule has 0 aliphatic heterocycles. The van der Waals surface area contributed by atoms with E-state index in [1.807, 2.05) is 6.07 Å². The molecule has 1 saturated carbocycles. The fraction of sp³-hybridized carbons (Fsp3) is 0.292. The summed E-state index contributed by atoms with van der Waals surface area (Å²) in [4.78, 5) is 23.6. The van der Waals surface area contributed by atoms with Gasteiger partial charge in [-0.2, -0.15) is 5.26 Å². The number of hydrogen-bond acceptors (Lipinski definition) is 5. The van der Waals surface area contributed by atoms with Crippen molar-refractivity contribution in [3.05, 3.63) is 63.1 Å². The molecule has 0 unspecified atom stereocenters. The highest BCUT2D eigenvalue weighted by Crippen LogP contribution is 2.38. The summed E-state index contributed by atoms with van der Waals surface area (Å²) in [5.74, 6) is -0.548. The Balaban J connectivity index is 1.78. The van der Waals surface area contributed by atoms with Crippen molar-refractivity contribution in [3.63, 3.8) is 0 Å². The minimum absolute atomic E-state index is 0.0185. The summed E-state index contributed by atoms with van der Waals surface area (Å²) in [6.07, 6.45) is 5.56. The molecule has 2 aromatic rings. The van der Waals surface area contributed by atoms with Crippen LogP contribution in [0, 0.1) is 11.3 Å². The smallest absolute Gasteiger partial charge is 0.335 e. The van der Waals surface area contributed by atoms with Crippen molar-refractivity contribution in [1.82, 2.24) is 5.32 Å². The van der Waals surface area contributed by atoms with Crippen molar-refractivity contribution in [2.75, 3.05) is 7.11 Å². The normalized spacial score (nSPS) is 14.0. The molecule has 2 aromatic carbocycles. The molecule has 1 aliphatic rings. The Morgan fingerprint density at radius 2 is 2.03 bits per heavy atom. The second kappa shape index (κ2) is 10.8. The summed E-state index contributed by atoms with van der Waals surface area (Å²) in [6, 6.07) is 12.0. The number of hydrogen-bond donors (Lipinski definition) is 2. The molecular formula is C24H23BrN2O5. The zero-order chi connectivity index (χ0) is 23.1. The lowest BCUT2D eigenvalue weighted by molar-refractivity contribution is -0.117. The Kier molecular flexibility index (Phi) is 7.90. The number of rotatable bonds is 8. The number of ether oxygens (including phenoxy) is 2. The van der Waals surface area contributed by atoms with Crippen LogP contribution >= 0.6 is 15.9 Å². The quantitative estimate of drug-likeness (QED) is 0.403. The first-order valence-electron chi connectivity index (χ1n) is 10.2. The molecule has 0 spiro atoms. The lowest BCUT2D eigenvalue weighted by Gasteiger charge is -2.14. The van der Waals surface area contributed by atoms with Gasteiger partial charge in [-0.05, 0) is 70.2 Å². The van der Waals surface area contributed by atoms with Gasteiger partial charge >= 0.3 is 5.97 Å². The third-order valence-corrected chi connectivity index (χ3v) is 5.76. The van der Waals surface area contributed by atoms with Gasteiger partial charge in [0.15, 0.2) is 11.5 Å². The van der Waals surface area contributed by atoms with Crippen LogP contribution < -0.4 is 14.8 Å². The van der Waals surface area contributed by atoms with E-state index in [2.05, 4.69) is 21.2 Å². The molecule has 32 heavy (non-hydrogen) atoms. The zero-order valence-electron chi connectivity index (χ0n) is 17.6. The average Bonchev–Trinajstić information content (AvgIpc) is 3.29. The molecule has 2 N–H and O–H groups in total. The summed E-state index contributed by atoms with van der Waals surface area (Å²) < 4.78 is 11.9. The van der Waals surface area contributed by atoms with E-state index in [1.54, 1.807) is 30.3 Å². The molecule has 0 atom stereocenters. The van der Waals surface area contributed by atoms with Gasteiger partial charge in [-0.1, -0.05) is 25.0 Å². The minimum atomic E-state index is -1.01. The van der Waals surface area contributed by atoms with Crippen LogP contribution in [-0.4, -0.2) is 30.1 Å². The van der Waals surface area contributed by atoms with Gasteiger partial charge in [-0.15, -0.1) is 0 Å². The van der Waals surface area contributed by atoms with E-state index < -0.39 is 5.97 Å². The summed E-state index contributed by atoms with van der Waals surface area (Å²) >= 11 is 3.46. The standard InChI is InChI=1S/C24H23BrN2O5/c1-31-21-12-16(10-18(13-26)23(28)27-19-7-2-3-8-19)11-20(25)22(21)32-14-15-5-4-6-17(9-15)24(29)30/h4-6,9-12,19H,2-3,7-8,14H2,1H3,(H,27,28)(H,29,30)/b18-10-. The van der Waals surface area contributed by atoms with Crippen molar-refractivity contribution in [2.45, 2.75) is 38.3 Å². The number of nitriles is 1. The summed E-state index contributed by atoms with van der Waals surface area (Å²) in [7, 11) is 1.49. The van der Waals surface area contributed by atoms with Gasteiger partial charge in [0.1, 0.15) is 18.2 Å². The fourth-order valence-electron chi connectivity index (χ4n) is 3.56. The molecule has 7 nitrogen and oxygen atoms in total. The van der Waals surface area contributed by atoms with E-state index in [4.69, 9.17) is 14.6 Å². The number of nitrogens with zero attached hydrogens (tertiary/aromatic N) is 1. The van der Waals surface area contributed by atoms with Crippen molar-refractivity contribution < 1.29 is 24.2 Å². The highest BCUT2D eigenvalue weighted by atomic mass is 79.9. The predicted octanol–water partition coefficient (Wildman–Crippen LogP) is 4.70. The number of carbonyl (C=O) groups excluding carboxylic acids is 1.